The summed E-state index contributed by atoms with van der Waals surface area (Å²) in [5.41, 5.74) is 5.56. The van der Waals surface area contributed by atoms with E-state index >= 15 is 0 Å². The molecule has 1 aromatic carbocycles. The molecule has 0 bridgehead atoms. The second-order valence-electron chi connectivity index (χ2n) is 5.23. The smallest absolute Gasteiger partial charge is 0.255 e. The Balaban J connectivity index is 2.19. The number of nitrogens with two attached hydrogens (primary N) is 1. The summed E-state index contributed by atoms with van der Waals surface area (Å²) in [4.78, 5) is 12.3. The molecule has 5 heteroatoms. The predicted octanol–water partition coefficient (Wildman–Crippen LogP) is 1.26. The van der Waals surface area contributed by atoms with Crippen LogP contribution in [0.2, 0.25) is 0 Å². The minimum absolute atomic E-state index is 0.0616. The minimum atomic E-state index is -0.410. The number of rotatable bonds is 5. The average molecular weight is 264 g/mol. The Labute approximate surface area is 112 Å². The maximum Gasteiger partial charge on any atom is 0.255 e. The molecule has 104 valence electrons. The molecule has 0 spiro atoms. The maximum atomic E-state index is 12.3. The average Bonchev–Trinajstić information content (AvgIpc) is 3.23. The van der Waals surface area contributed by atoms with Crippen LogP contribution in [0.1, 0.15) is 30.1 Å². The summed E-state index contributed by atoms with van der Waals surface area (Å²) in [5.74, 6) is 0.572. The molecule has 19 heavy (non-hydrogen) atoms. The highest BCUT2D eigenvalue weighted by Gasteiger charge is 2.41. The van der Waals surface area contributed by atoms with Crippen molar-refractivity contribution in [2.75, 3.05) is 13.7 Å². The summed E-state index contributed by atoms with van der Waals surface area (Å²) >= 11 is 0. The van der Waals surface area contributed by atoms with Crippen molar-refractivity contribution < 1.29 is 14.6 Å². The standard InChI is InChI=1S/C14H20N2O3/c1-14(8-15,9-3-4-9)16-13(18)11-7-10(19-2)5-6-12(11)17/h5-7,9,17H,3-4,8,15H2,1-2H3,(H,16,18). The Bertz CT molecular complexity index is 486. The van der Waals surface area contributed by atoms with Crippen molar-refractivity contribution in [2.45, 2.75) is 25.3 Å². The molecule has 5 nitrogen and oxygen atoms in total. The van der Waals surface area contributed by atoms with Crippen LogP contribution in [0.25, 0.3) is 0 Å². The molecule has 4 N–H and O–H groups in total. The van der Waals surface area contributed by atoms with Crippen molar-refractivity contribution in [3.8, 4) is 11.5 Å². The van der Waals surface area contributed by atoms with E-state index in [1.165, 1.54) is 19.2 Å². The summed E-state index contributed by atoms with van der Waals surface area (Å²) in [6.07, 6.45) is 2.16. The van der Waals surface area contributed by atoms with Crippen LogP contribution in [-0.2, 0) is 0 Å². The van der Waals surface area contributed by atoms with E-state index in [1.807, 2.05) is 6.92 Å². The SMILES string of the molecule is COc1ccc(O)c(C(=O)NC(C)(CN)C2CC2)c1. The summed E-state index contributed by atoms with van der Waals surface area (Å²) in [7, 11) is 1.52. The number of phenols is 1. The Morgan fingerprint density at radius 2 is 2.26 bits per heavy atom. The first kappa shape index (κ1) is 13.7. The number of carbonyl (C=O) groups excluding carboxylic acids is 1. The molecule has 0 aliphatic heterocycles. The molecule has 0 aromatic heterocycles. The number of hydrogen-bond donors (Lipinski definition) is 3. The fraction of sp³-hybridized carbons (Fsp3) is 0.500. The van der Waals surface area contributed by atoms with Gasteiger partial charge < -0.3 is 20.9 Å². The van der Waals surface area contributed by atoms with Gasteiger partial charge in [0.25, 0.3) is 5.91 Å². The molecule has 1 amide bonds. The first-order chi connectivity index (χ1) is 9.00. The lowest BCUT2D eigenvalue weighted by molar-refractivity contribution is 0.0894. The van der Waals surface area contributed by atoms with E-state index in [0.717, 1.165) is 12.8 Å². The van der Waals surface area contributed by atoms with Crippen molar-refractivity contribution in [1.82, 2.24) is 5.32 Å². The number of phenolic OH excluding ortho intramolecular Hbond substituents is 1. The Morgan fingerprint density at radius 1 is 1.58 bits per heavy atom. The molecule has 1 saturated carbocycles. The van der Waals surface area contributed by atoms with E-state index in [-0.39, 0.29) is 17.2 Å². The molecule has 1 unspecified atom stereocenters. The molecule has 1 fully saturated rings. The predicted molar refractivity (Wildman–Crippen MR) is 72.3 cm³/mol. The summed E-state index contributed by atoms with van der Waals surface area (Å²) in [6.45, 7) is 2.33. The van der Waals surface area contributed by atoms with Crippen LogP contribution in [0.4, 0.5) is 0 Å². The third-order valence-electron chi connectivity index (χ3n) is 3.75. The third-order valence-corrected chi connectivity index (χ3v) is 3.75. The van der Waals surface area contributed by atoms with Gasteiger partial charge in [-0.2, -0.15) is 0 Å². The molecule has 0 saturated heterocycles. The highest BCUT2D eigenvalue weighted by atomic mass is 16.5. The van der Waals surface area contributed by atoms with E-state index < -0.39 is 5.54 Å². The second-order valence-corrected chi connectivity index (χ2v) is 5.23. The van der Waals surface area contributed by atoms with E-state index in [9.17, 15) is 9.90 Å². The molecule has 1 aliphatic carbocycles. The van der Waals surface area contributed by atoms with Crippen molar-refractivity contribution >= 4 is 5.91 Å². The molecule has 1 aliphatic rings. The zero-order valence-corrected chi connectivity index (χ0v) is 11.3. The van der Waals surface area contributed by atoms with Gasteiger partial charge in [-0.3, -0.25) is 4.79 Å². The highest BCUT2D eigenvalue weighted by Crippen LogP contribution is 2.39. The van der Waals surface area contributed by atoms with Gasteiger partial charge in [0.15, 0.2) is 0 Å². The zero-order chi connectivity index (χ0) is 14.0. The van der Waals surface area contributed by atoms with Gasteiger partial charge in [0, 0.05) is 6.54 Å². The largest absolute Gasteiger partial charge is 0.507 e. The number of aromatic hydroxyl groups is 1. The summed E-state index contributed by atoms with van der Waals surface area (Å²) < 4.78 is 5.06. The molecular weight excluding hydrogens is 244 g/mol. The first-order valence-corrected chi connectivity index (χ1v) is 6.40. The third kappa shape index (κ3) is 2.81. The molecular formula is C14H20N2O3. The Morgan fingerprint density at radius 3 is 2.79 bits per heavy atom. The van der Waals surface area contributed by atoms with Crippen molar-refractivity contribution in [3.63, 3.8) is 0 Å². The van der Waals surface area contributed by atoms with Crippen molar-refractivity contribution in [1.29, 1.82) is 0 Å². The van der Waals surface area contributed by atoms with Crippen LogP contribution < -0.4 is 15.8 Å². The molecule has 0 radical (unpaired) electrons. The van der Waals surface area contributed by atoms with Gasteiger partial charge in [0.05, 0.1) is 18.2 Å². The van der Waals surface area contributed by atoms with E-state index in [1.54, 1.807) is 6.07 Å². The quantitative estimate of drug-likeness (QED) is 0.747. The maximum absolute atomic E-state index is 12.3. The van der Waals surface area contributed by atoms with Crippen molar-refractivity contribution in [3.05, 3.63) is 23.8 Å². The number of methoxy groups -OCH3 is 1. The number of nitrogens with one attached hydrogen (secondary N) is 1. The zero-order valence-electron chi connectivity index (χ0n) is 11.3. The monoisotopic (exact) mass is 264 g/mol. The van der Waals surface area contributed by atoms with Gasteiger partial charge in [-0.15, -0.1) is 0 Å². The molecule has 2 rings (SSSR count). The van der Waals surface area contributed by atoms with Gasteiger partial charge in [-0.1, -0.05) is 0 Å². The number of ether oxygens (including phenoxy) is 1. The Kier molecular flexibility index (Phi) is 3.66. The van der Waals surface area contributed by atoms with Crippen LogP contribution in [0.15, 0.2) is 18.2 Å². The topological polar surface area (TPSA) is 84.6 Å². The number of hydrogen-bond acceptors (Lipinski definition) is 4. The number of carbonyl (C=O) groups is 1. The van der Waals surface area contributed by atoms with Gasteiger partial charge >= 0.3 is 0 Å². The summed E-state index contributed by atoms with van der Waals surface area (Å²) in [5, 5.41) is 12.7. The number of amides is 1. The van der Waals surface area contributed by atoms with Crippen molar-refractivity contribution in [2.24, 2.45) is 11.7 Å². The molecule has 1 aromatic rings. The lowest BCUT2D eigenvalue weighted by Gasteiger charge is -2.29. The number of benzene rings is 1. The second kappa shape index (κ2) is 5.09. The van der Waals surface area contributed by atoms with Crippen LogP contribution in [-0.4, -0.2) is 30.2 Å². The minimum Gasteiger partial charge on any atom is -0.507 e. The normalized spacial score (nSPS) is 17.6. The van der Waals surface area contributed by atoms with Gasteiger partial charge in [-0.05, 0) is 43.9 Å². The van der Waals surface area contributed by atoms with Crippen LogP contribution >= 0.6 is 0 Å². The van der Waals surface area contributed by atoms with Gasteiger partial charge in [0.1, 0.15) is 11.5 Å². The Hall–Kier alpha value is -1.75. The molecule has 1 atom stereocenters. The lowest BCUT2D eigenvalue weighted by Crippen LogP contribution is -2.53. The lowest BCUT2D eigenvalue weighted by atomic mass is 9.95. The van der Waals surface area contributed by atoms with Gasteiger partial charge in [0.2, 0.25) is 0 Å². The van der Waals surface area contributed by atoms with Crippen LogP contribution in [0.3, 0.4) is 0 Å². The van der Waals surface area contributed by atoms with Crippen LogP contribution in [0, 0.1) is 5.92 Å². The van der Waals surface area contributed by atoms with E-state index in [0.29, 0.717) is 18.2 Å². The van der Waals surface area contributed by atoms with Gasteiger partial charge in [-0.25, -0.2) is 0 Å². The summed E-state index contributed by atoms with van der Waals surface area (Å²) in [6, 6.07) is 4.58. The molecule has 0 heterocycles. The van der Waals surface area contributed by atoms with E-state index in [2.05, 4.69) is 5.32 Å². The fourth-order valence-corrected chi connectivity index (χ4v) is 2.19. The van der Waals surface area contributed by atoms with E-state index in [4.69, 9.17) is 10.5 Å². The fourth-order valence-electron chi connectivity index (χ4n) is 2.19. The van der Waals surface area contributed by atoms with Crippen LogP contribution in [0.5, 0.6) is 11.5 Å². The highest BCUT2D eigenvalue weighted by molar-refractivity contribution is 5.97. The first-order valence-electron chi connectivity index (χ1n) is 6.40.